The van der Waals surface area contributed by atoms with Crippen molar-refractivity contribution in [2.24, 2.45) is 0 Å². The highest BCUT2D eigenvalue weighted by atomic mass is 16.5. The summed E-state index contributed by atoms with van der Waals surface area (Å²) in [4.78, 5) is 10.5. The minimum atomic E-state index is -1.29. The number of carbonyl (C=O) groups excluding carboxylic acids is 1. The maximum Gasteiger partial charge on any atom is 0.561 e. The van der Waals surface area contributed by atoms with Crippen molar-refractivity contribution in [2.75, 3.05) is 5.73 Å². The van der Waals surface area contributed by atoms with Crippen molar-refractivity contribution in [3.8, 4) is 11.1 Å². The summed E-state index contributed by atoms with van der Waals surface area (Å²) >= 11 is 0. The van der Waals surface area contributed by atoms with Crippen LogP contribution >= 0.6 is 0 Å². The molecule has 1 aromatic heterocycles. The third-order valence-corrected chi connectivity index (χ3v) is 4.29. The molecular weight excluding hydrogens is 317 g/mol. The fraction of sp³-hybridized carbons (Fsp3) is 0.167. The Morgan fingerprint density at radius 3 is 2.72 bits per heavy atom. The number of fused-ring (bicyclic) bond motifs is 1. The molecule has 0 fully saturated rings. The lowest BCUT2D eigenvalue weighted by molar-refractivity contribution is -0.121. The Morgan fingerprint density at radius 2 is 2.00 bits per heavy atom. The highest BCUT2D eigenvalue weighted by Gasteiger charge is 2.19. The molecule has 0 bridgehead atoms. The standard InChI is InChI=1S/C18H18BN3O3/c1-3-12-4-6-14(19(24)25-10-23)9-17(12)13-5-7-15-16(8-13)11(2)21-22-18(15)20/h4-10,24H,3H2,1-2H3,(H2,20,22). The Morgan fingerprint density at radius 1 is 1.20 bits per heavy atom. The monoisotopic (exact) mass is 335 g/mol. The van der Waals surface area contributed by atoms with Crippen LogP contribution in [0, 0.1) is 6.92 Å². The molecule has 0 atom stereocenters. The summed E-state index contributed by atoms with van der Waals surface area (Å²) in [7, 11) is -1.29. The summed E-state index contributed by atoms with van der Waals surface area (Å²) in [5, 5.41) is 19.7. The second-order valence-electron chi connectivity index (χ2n) is 5.79. The van der Waals surface area contributed by atoms with Crippen molar-refractivity contribution in [2.45, 2.75) is 20.3 Å². The first-order valence-electron chi connectivity index (χ1n) is 7.98. The second kappa shape index (κ2) is 6.90. The van der Waals surface area contributed by atoms with Crippen LogP contribution in [0.1, 0.15) is 18.2 Å². The molecular formula is C18H18BN3O3. The molecule has 3 aromatic rings. The topological polar surface area (TPSA) is 98.3 Å². The summed E-state index contributed by atoms with van der Waals surface area (Å²) in [5.74, 6) is 0.395. The number of carbonyl (C=O) groups is 1. The van der Waals surface area contributed by atoms with Gasteiger partial charge in [-0.1, -0.05) is 31.2 Å². The van der Waals surface area contributed by atoms with Crippen molar-refractivity contribution < 1.29 is 14.5 Å². The van der Waals surface area contributed by atoms with Gasteiger partial charge in [0, 0.05) is 10.8 Å². The number of benzene rings is 2. The van der Waals surface area contributed by atoms with Crippen LogP contribution < -0.4 is 11.2 Å². The van der Waals surface area contributed by atoms with Gasteiger partial charge in [-0.3, -0.25) is 4.79 Å². The minimum absolute atomic E-state index is 0.235. The molecule has 0 aliphatic heterocycles. The van der Waals surface area contributed by atoms with Crippen LogP contribution in [0.5, 0.6) is 0 Å². The normalized spacial score (nSPS) is 10.7. The van der Waals surface area contributed by atoms with Gasteiger partial charge in [0.15, 0.2) is 5.82 Å². The van der Waals surface area contributed by atoms with Crippen LogP contribution in [-0.4, -0.2) is 28.8 Å². The van der Waals surface area contributed by atoms with Gasteiger partial charge in [0.1, 0.15) is 0 Å². The number of nitrogens with zero attached hydrogens (tertiary/aromatic N) is 2. The molecule has 25 heavy (non-hydrogen) atoms. The van der Waals surface area contributed by atoms with Gasteiger partial charge in [0.25, 0.3) is 6.47 Å². The van der Waals surface area contributed by atoms with Gasteiger partial charge in [-0.05, 0) is 47.6 Å². The van der Waals surface area contributed by atoms with E-state index in [0.29, 0.717) is 11.3 Å². The van der Waals surface area contributed by atoms with E-state index in [9.17, 15) is 9.82 Å². The SMILES string of the molecule is CCc1ccc(B(O)OC=O)cc1-c1ccc2c(N)nnc(C)c2c1. The van der Waals surface area contributed by atoms with E-state index in [0.717, 1.165) is 39.6 Å². The lowest BCUT2D eigenvalue weighted by Gasteiger charge is -2.13. The molecule has 6 nitrogen and oxygen atoms in total. The quantitative estimate of drug-likeness (QED) is 0.543. The molecule has 2 aromatic carbocycles. The molecule has 0 spiro atoms. The summed E-state index contributed by atoms with van der Waals surface area (Å²) in [6.45, 7) is 4.18. The van der Waals surface area contributed by atoms with Crippen LogP contribution in [0.4, 0.5) is 5.82 Å². The molecule has 0 aliphatic rings. The Bertz CT molecular complexity index is 946. The van der Waals surface area contributed by atoms with E-state index in [1.54, 1.807) is 6.07 Å². The van der Waals surface area contributed by atoms with Gasteiger partial charge < -0.3 is 15.4 Å². The number of hydrogen-bond donors (Lipinski definition) is 2. The number of aromatic nitrogens is 2. The molecule has 3 rings (SSSR count). The van der Waals surface area contributed by atoms with Crippen molar-refractivity contribution in [1.82, 2.24) is 10.2 Å². The van der Waals surface area contributed by atoms with Crippen LogP contribution in [0.2, 0.25) is 0 Å². The van der Waals surface area contributed by atoms with Crippen LogP contribution in [-0.2, 0) is 15.9 Å². The molecule has 7 heteroatoms. The second-order valence-corrected chi connectivity index (χ2v) is 5.79. The zero-order chi connectivity index (χ0) is 18.0. The maximum atomic E-state index is 10.5. The average molecular weight is 335 g/mol. The lowest BCUT2D eigenvalue weighted by atomic mass is 9.77. The summed E-state index contributed by atoms with van der Waals surface area (Å²) in [6.07, 6.45) is 0.827. The van der Waals surface area contributed by atoms with E-state index >= 15 is 0 Å². The van der Waals surface area contributed by atoms with Gasteiger partial charge in [-0.15, -0.1) is 5.10 Å². The lowest BCUT2D eigenvalue weighted by Crippen LogP contribution is -2.33. The number of hydrogen-bond acceptors (Lipinski definition) is 6. The highest BCUT2D eigenvalue weighted by Crippen LogP contribution is 2.29. The van der Waals surface area contributed by atoms with E-state index in [2.05, 4.69) is 21.8 Å². The molecule has 0 radical (unpaired) electrons. The van der Waals surface area contributed by atoms with Crippen LogP contribution in [0.15, 0.2) is 36.4 Å². The van der Waals surface area contributed by atoms with E-state index < -0.39 is 7.12 Å². The van der Waals surface area contributed by atoms with Crippen molar-refractivity contribution in [3.63, 3.8) is 0 Å². The minimum Gasteiger partial charge on any atom is -0.508 e. The van der Waals surface area contributed by atoms with Gasteiger partial charge in [-0.2, -0.15) is 5.10 Å². The Labute approximate surface area is 145 Å². The first-order chi connectivity index (χ1) is 12.0. The first kappa shape index (κ1) is 16.9. The van der Waals surface area contributed by atoms with Crippen LogP contribution in [0.3, 0.4) is 0 Å². The van der Waals surface area contributed by atoms with Crippen molar-refractivity contribution >= 4 is 35.6 Å². The predicted octanol–water partition coefficient (Wildman–Crippen LogP) is 1.61. The summed E-state index contributed by atoms with van der Waals surface area (Å²) < 4.78 is 4.64. The molecule has 0 saturated carbocycles. The summed E-state index contributed by atoms with van der Waals surface area (Å²) in [6, 6.07) is 11.4. The van der Waals surface area contributed by atoms with E-state index in [1.807, 2.05) is 37.3 Å². The third kappa shape index (κ3) is 3.18. The fourth-order valence-electron chi connectivity index (χ4n) is 2.93. The molecule has 0 amide bonds. The predicted molar refractivity (Wildman–Crippen MR) is 98.3 cm³/mol. The molecule has 126 valence electrons. The number of nitrogens with two attached hydrogens (primary N) is 1. The van der Waals surface area contributed by atoms with E-state index in [1.165, 1.54) is 0 Å². The van der Waals surface area contributed by atoms with Crippen molar-refractivity contribution in [3.05, 3.63) is 47.7 Å². The van der Waals surface area contributed by atoms with Gasteiger partial charge in [0.2, 0.25) is 0 Å². The van der Waals surface area contributed by atoms with E-state index in [4.69, 9.17) is 5.73 Å². The number of aryl methyl sites for hydroxylation is 2. The van der Waals surface area contributed by atoms with Gasteiger partial charge in [-0.25, -0.2) is 0 Å². The largest absolute Gasteiger partial charge is 0.561 e. The van der Waals surface area contributed by atoms with Gasteiger partial charge >= 0.3 is 7.12 Å². The Hall–Kier alpha value is -2.93. The Balaban J connectivity index is 2.17. The zero-order valence-corrected chi connectivity index (χ0v) is 14.1. The highest BCUT2D eigenvalue weighted by molar-refractivity contribution is 6.61. The molecule has 1 heterocycles. The maximum absolute atomic E-state index is 10.5. The Kier molecular flexibility index (Phi) is 4.67. The van der Waals surface area contributed by atoms with E-state index in [-0.39, 0.29) is 6.47 Å². The molecule has 3 N–H and O–H groups in total. The molecule has 0 unspecified atom stereocenters. The molecule has 0 aliphatic carbocycles. The third-order valence-electron chi connectivity index (χ3n) is 4.29. The van der Waals surface area contributed by atoms with Gasteiger partial charge in [0.05, 0.1) is 5.69 Å². The first-order valence-corrected chi connectivity index (χ1v) is 7.98. The smallest absolute Gasteiger partial charge is 0.508 e. The van der Waals surface area contributed by atoms with Crippen LogP contribution in [0.25, 0.3) is 21.9 Å². The average Bonchev–Trinajstić information content (AvgIpc) is 2.64. The summed E-state index contributed by atoms with van der Waals surface area (Å²) in [5.41, 5.74) is 10.3. The number of nitrogen functional groups attached to an aromatic ring is 1. The zero-order valence-electron chi connectivity index (χ0n) is 14.1. The van der Waals surface area contributed by atoms with Crippen molar-refractivity contribution in [1.29, 1.82) is 0 Å². The molecule has 0 saturated heterocycles. The number of rotatable bonds is 5. The fourth-order valence-corrected chi connectivity index (χ4v) is 2.93. The number of anilines is 1.